The maximum atomic E-state index is 11.8. The summed E-state index contributed by atoms with van der Waals surface area (Å²) in [5, 5.41) is 13.0. The average Bonchev–Trinajstić information content (AvgIpc) is 2.74. The fraction of sp³-hybridized carbons (Fsp3) is 0.400. The zero-order chi connectivity index (χ0) is 19.8. The van der Waals surface area contributed by atoms with E-state index in [1.165, 1.54) is 17.4 Å². The molecule has 2 bridgehead atoms. The van der Waals surface area contributed by atoms with E-state index in [1.54, 1.807) is 7.11 Å². The summed E-state index contributed by atoms with van der Waals surface area (Å²) >= 11 is 0. The first-order valence-electron chi connectivity index (χ1n) is 10.6. The monoisotopic (exact) mass is 388 g/mol. The number of fused-ring (bicyclic) bond motifs is 3. The molecule has 2 aliphatic rings. The van der Waals surface area contributed by atoms with Crippen molar-refractivity contribution in [2.45, 2.75) is 31.4 Å². The van der Waals surface area contributed by atoms with Crippen LogP contribution >= 0.6 is 0 Å². The third kappa shape index (κ3) is 3.30. The highest BCUT2D eigenvalue weighted by molar-refractivity contribution is 5.78. The van der Waals surface area contributed by atoms with Crippen LogP contribution in [0.25, 0.3) is 10.9 Å². The number of rotatable bonds is 4. The molecule has 2 heterocycles. The number of ether oxygens (including phenoxy) is 1. The normalized spacial score (nSPS) is 27.1. The highest BCUT2D eigenvalue weighted by atomic mass is 16.5. The van der Waals surface area contributed by atoms with Crippen LogP contribution in [-0.2, 0) is 12.1 Å². The molecule has 1 saturated carbocycles. The molecule has 0 amide bonds. The van der Waals surface area contributed by atoms with Gasteiger partial charge in [0, 0.05) is 43.1 Å². The fourth-order valence-corrected chi connectivity index (χ4v) is 5.48. The Morgan fingerprint density at radius 2 is 1.83 bits per heavy atom. The predicted molar refractivity (Wildman–Crippen MR) is 115 cm³/mol. The van der Waals surface area contributed by atoms with Gasteiger partial charge in [0.05, 0.1) is 18.2 Å². The molecule has 4 nitrogen and oxygen atoms in total. The lowest BCUT2D eigenvalue weighted by Gasteiger charge is -2.53. The van der Waals surface area contributed by atoms with E-state index in [0.29, 0.717) is 0 Å². The molecule has 29 heavy (non-hydrogen) atoms. The third-order valence-corrected chi connectivity index (χ3v) is 6.93. The van der Waals surface area contributed by atoms with Gasteiger partial charge >= 0.3 is 0 Å². The maximum Gasteiger partial charge on any atom is 0.118 e. The Morgan fingerprint density at radius 1 is 1.07 bits per heavy atom. The van der Waals surface area contributed by atoms with Gasteiger partial charge in [-0.25, -0.2) is 0 Å². The molecule has 2 fully saturated rings. The first-order chi connectivity index (χ1) is 14.2. The van der Waals surface area contributed by atoms with Crippen LogP contribution in [0.3, 0.4) is 0 Å². The minimum atomic E-state index is -0.728. The largest absolute Gasteiger partial charge is 0.497 e. The summed E-state index contributed by atoms with van der Waals surface area (Å²) < 4.78 is 5.30. The van der Waals surface area contributed by atoms with E-state index < -0.39 is 5.60 Å². The van der Waals surface area contributed by atoms with Gasteiger partial charge in [0.25, 0.3) is 0 Å². The SMILES string of the molecule is COc1ccc(C2(O)C3CCCC2CN(Cc2ccc4ncccc4c2)C3)cc1. The zero-order valence-electron chi connectivity index (χ0n) is 16.9. The molecule has 1 N–H and O–H groups in total. The first kappa shape index (κ1) is 18.6. The number of methoxy groups -OCH3 is 1. The lowest BCUT2D eigenvalue weighted by molar-refractivity contribution is -0.148. The van der Waals surface area contributed by atoms with Gasteiger partial charge in [-0.3, -0.25) is 9.88 Å². The highest BCUT2D eigenvalue weighted by Gasteiger charge is 2.51. The lowest BCUT2D eigenvalue weighted by atomic mass is 9.62. The van der Waals surface area contributed by atoms with Gasteiger partial charge in [-0.1, -0.05) is 30.7 Å². The second-order valence-corrected chi connectivity index (χ2v) is 8.60. The van der Waals surface area contributed by atoms with E-state index in [4.69, 9.17) is 4.74 Å². The summed E-state index contributed by atoms with van der Waals surface area (Å²) in [6, 6.07) is 18.7. The molecule has 2 aromatic carbocycles. The number of pyridine rings is 1. The van der Waals surface area contributed by atoms with Crippen LogP contribution in [0.1, 0.15) is 30.4 Å². The van der Waals surface area contributed by atoms with Crippen molar-refractivity contribution in [3.05, 3.63) is 71.9 Å². The number of hydrogen-bond acceptors (Lipinski definition) is 4. The Bertz CT molecular complexity index is 987. The van der Waals surface area contributed by atoms with E-state index in [1.807, 2.05) is 24.4 Å². The van der Waals surface area contributed by atoms with Crippen LogP contribution in [0.4, 0.5) is 0 Å². The van der Waals surface area contributed by atoms with Crippen molar-refractivity contribution in [1.29, 1.82) is 0 Å². The quantitative estimate of drug-likeness (QED) is 0.721. The Labute approximate surface area is 172 Å². The van der Waals surface area contributed by atoms with Crippen LogP contribution < -0.4 is 4.74 Å². The average molecular weight is 389 g/mol. The van der Waals surface area contributed by atoms with Gasteiger partial charge in [0.2, 0.25) is 0 Å². The van der Waals surface area contributed by atoms with Crippen LogP contribution in [-0.4, -0.2) is 35.2 Å². The van der Waals surface area contributed by atoms with Gasteiger partial charge in [-0.2, -0.15) is 0 Å². The van der Waals surface area contributed by atoms with Gasteiger partial charge in [0.15, 0.2) is 0 Å². The Kier molecular flexibility index (Phi) is 4.76. The summed E-state index contributed by atoms with van der Waals surface area (Å²) in [4.78, 5) is 6.96. The number of piperidine rings is 1. The van der Waals surface area contributed by atoms with Gasteiger partial charge in [-0.15, -0.1) is 0 Å². The standard InChI is InChI=1S/C25H28N2O2/c1-29-23-10-8-20(9-11-23)25(28)21-5-2-6-22(25)17-27(16-21)15-18-7-12-24-19(14-18)4-3-13-26-24/h3-4,7-14,21-22,28H,2,5-6,15-17H2,1H3. The Hall–Kier alpha value is -2.43. The topological polar surface area (TPSA) is 45.6 Å². The summed E-state index contributed by atoms with van der Waals surface area (Å²) in [6.45, 7) is 2.80. The molecule has 1 aliphatic carbocycles. The minimum absolute atomic E-state index is 0.269. The minimum Gasteiger partial charge on any atom is -0.497 e. The Balaban J connectivity index is 1.38. The molecule has 4 heteroatoms. The smallest absolute Gasteiger partial charge is 0.118 e. The molecule has 1 aromatic heterocycles. The van der Waals surface area contributed by atoms with Crippen molar-refractivity contribution in [2.75, 3.05) is 20.2 Å². The summed E-state index contributed by atoms with van der Waals surface area (Å²) in [5.74, 6) is 1.38. The predicted octanol–water partition coefficient (Wildman–Crippen LogP) is 4.36. The number of likely N-dealkylation sites (tertiary alicyclic amines) is 1. The van der Waals surface area contributed by atoms with E-state index in [2.05, 4.69) is 46.3 Å². The first-order valence-corrected chi connectivity index (χ1v) is 10.6. The molecule has 0 spiro atoms. The van der Waals surface area contributed by atoms with Crippen LogP contribution in [0.15, 0.2) is 60.8 Å². The summed E-state index contributed by atoms with van der Waals surface area (Å²) in [5.41, 5.74) is 2.68. The molecule has 1 saturated heterocycles. The van der Waals surface area contributed by atoms with Gasteiger partial charge in [-0.05, 0) is 54.3 Å². The molecule has 150 valence electrons. The third-order valence-electron chi connectivity index (χ3n) is 6.93. The molecule has 2 atom stereocenters. The molecule has 2 unspecified atom stereocenters. The van der Waals surface area contributed by atoms with Crippen molar-refractivity contribution in [3.63, 3.8) is 0 Å². The highest BCUT2D eigenvalue weighted by Crippen LogP contribution is 2.49. The number of aromatic nitrogens is 1. The van der Waals surface area contributed by atoms with Crippen molar-refractivity contribution in [2.24, 2.45) is 11.8 Å². The Morgan fingerprint density at radius 3 is 2.55 bits per heavy atom. The summed E-state index contributed by atoms with van der Waals surface area (Å²) in [7, 11) is 1.68. The maximum absolute atomic E-state index is 11.8. The van der Waals surface area contributed by atoms with Gasteiger partial charge < -0.3 is 9.84 Å². The molecular weight excluding hydrogens is 360 g/mol. The molecule has 5 rings (SSSR count). The molecule has 1 aliphatic heterocycles. The van der Waals surface area contributed by atoms with Crippen molar-refractivity contribution in [3.8, 4) is 5.75 Å². The van der Waals surface area contributed by atoms with E-state index in [0.717, 1.165) is 49.3 Å². The van der Waals surface area contributed by atoms with Crippen molar-refractivity contribution < 1.29 is 9.84 Å². The number of aliphatic hydroxyl groups is 1. The number of hydrogen-bond donors (Lipinski definition) is 1. The second-order valence-electron chi connectivity index (χ2n) is 8.60. The molecule has 3 aromatic rings. The summed E-state index contributed by atoms with van der Waals surface area (Å²) in [6.07, 6.45) is 5.21. The van der Waals surface area contributed by atoms with E-state index in [9.17, 15) is 5.11 Å². The van der Waals surface area contributed by atoms with Gasteiger partial charge in [0.1, 0.15) is 5.75 Å². The zero-order valence-corrected chi connectivity index (χ0v) is 16.9. The molecular formula is C25H28N2O2. The van der Waals surface area contributed by atoms with E-state index in [-0.39, 0.29) is 11.8 Å². The number of benzene rings is 2. The lowest BCUT2D eigenvalue weighted by Crippen LogP contribution is -2.57. The fourth-order valence-electron chi connectivity index (χ4n) is 5.48. The van der Waals surface area contributed by atoms with Crippen LogP contribution in [0.5, 0.6) is 5.75 Å². The second kappa shape index (κ2) is 7.43. The molecule has 0 radical (unpaired) electrons. The van der Waals surface area contributed by atoms with E-state index >= 15 is 0 Å². The van der Waals surface area contributed by atoms with Crippen molar-refractivity contribution in [1.82, 2.24) is 9.88 Å². The van der Waals surface area contributed by atoms with Crippen molar-refractivity contribution >= 4 is 10.9 Å². The number of nitrogens with zero attached hydrogens (tertiary/aromatic N) is 2. The van der Waals surface area contributed by atoms with Crippen LogP contribution in [0.2, 0.25) is 0 Å². The van der Waals surface area contributed by atoms with Crippen LogP contribution in [0, 0.1) is 11.8 Å².